The minimum atomic E-state index is -4.69. The van der Waals surface area contributed by atoms with E-state index in [-0.39, 0.29) is 11.5 Å². The Morgan fingerprint density at radius 3 is 1.39 bits per heavy atom. The fourth-order valence-electron chi connectivity index (χ4n) is 8.64. The average molecular weight is 654 g/mol. The number of nitrogens with zero attached hydrogens (tertiary/aromatic N) is 1. The minimum Gasteiger partial charge on any atom is -0.297 e. The molecule has 4 atom stereocenters. The quantitative estimate of drug-likeness (QED) is 0.179. The van der Waals surface area contributed by atoms with Crippen LogP contribution in [-0.2, 0) is 31.4 Å². The number of allylic oxidation sites excluding steroid dienone is 2. The molecule has 7 heteroatoms. The third-order valence-corrected chi connectivity index (χ3v) is 10.6. The maximum atomic E-state index is 15.9. The summed E-state index contributed by atoms with van der Waals surface area (Å²) in [6, 6.07) is 38.0. The molecule has 4 nitrogen and oxygen atoms in total. The van der Waals surface area contributed by atoms with E-state index in [4.69, 9.17) is 0 Å². The van der Waals surface area contributed by atoms with Gasteiger partial charge in [0.05, 0.1) is 33.9 Å². The molecule has 2 amide bonds. The van der Waals surface area contributed by atoms with Gasteiger partial charge in [0.1, 0.15) is 0 Å². The third-order valence-electron chi connectivity index (χ3n) is 10.6. The molecule has 0 radical (unpaired) electrons. The van der Waals surface area contributed by atoms with E-state index in [0.29, 0.717) is 22.3 Å². The van der Waals surface area contributed by atoms with E-state index in [9.17, 15) is 13.2 Å². The predicted octanol–water partition coefficient (Wildman–Crippen LogP) is 8.51. The number of anilines is 1. The monoisotopic (exact) mass is 653 g/mol. The van der Waals surface area contributed by atoms with E-state index >= 15 is 14.4 Å². The van der Waals surface area contributed by atoms with Gasteiger partial charge in [-0.2, -0.15) is 13.2 Å². The van der Waals surface area contributed by atoms with Gasteiger partial charge in [0.15, 0.2) is 5.78 Å². The molecular weight excluding hydrogens is 623 g/mol. The lowest BCUT2D eigenvalue weighted by Crippen LogP contribution is -2.45. The largest absolute Gasteiger partial charge is 0.416 e. The molecule has 242 valence electrons. The van der Waals surface area contributed by atoms with Gasteiger partial charge >= 0.3 is 6.18 Å². The van der Waals surface area contributed by atoms with Crippen LogP contribution in [-0.4, -0.2) is 17.6 Å². The van der Waals surface area contributed by atoms with Gasteiger partial charge in [-0.15, -0.1) is 0 Å². The Labute approximate surface area is 281 Å². The Bertz CT molecular complexity index is 2060. The smallest absolute Gasteiger partial charge is 0.297 e. The number of Topliss-reactive ketones (excluding diaryl/α,β-unsaturated/α-hetero) is 1. The number of carbonyl (C=O) groups is 3. The number of hydrogen-bond acceptors (Lipinski definition) is 3. The van der Waals surface area contributed by atoms with Crippen molar-refractivity contribution < 1.29 is 27.6 Å². The van der Waals surface area contributed by atoms with Gasteiger partial charge < -0.3 is 0 Å². The molecule has 1 aliphatic heterocycles. The summed E-state index contributed by atoms with van der Waals surface area (Å²) in [4.78, 5) is 46.8. The predicted molar refractivity (Wildman–Crippen MR) is 181 cm³/mol. The average Bonchev–Trinajstić information content (AvgIpc) is 3.61. The van der Waals surface area contributed by atoms with Crippen LogP contribution in [0.15, 0.2) is 133 Å². The van der Waals surface area contributed by atoms with Gasteiger partial charge in [-0.05, 0) is 65.4 Å². The Morgan fingerprint density at radius 1 is 0.551 bits per heavy atom. The van der Waals surface area contributed by atoms with Gasteiger partial charge in [-0.25, -0.2) is 4.90 Å². The number of hydrogen-bond donors (Lipinski definition) is 0. The highest BCUT2D eigenvalue weighted by atomic mass is 19.4. The van der Waals surface area contributed by atoms with E-state index in [0.717, 1.165) is 39.3 Å². The van der Waals surface area contributed by atoms with E-state index < -0.39 is 46.2 Å². The van der Waals surface area contributed by atoms with Gasteiger partial charge in [0, 0.05) is 0 Å². The Morgan fingerprint density at radius 2 is 0.980 bits per heavy atom. The van der Waals surface area contributed by atoms with E-state index in [1.165, 1.54) is 12.1 Å². The summed E-state index contributed by atoms with van der Waals surface area (Å²) < 4.78 is 41.8. The molecule has 0 unspecified atom stereocenters. The number of aryl methyl sites for hydroxylation is 2. The Kier molecular flexibility index (Phi) is 6.73. The number of alkyl halides is 3. The summed E-state index contributed by atoms with van der Waals surface area (Å²) in [5, 5.41) is 0. The van der Waals surface area contributed by atoms with Crippen molar-refractivity contribution in [1.29, 1.82) is 0 Å². The Hall–Kier alpha value is -5.56. The second-order valence-corrected chi connectivity index (χ2v) is 13.2. The summed E-state index contributed by atoms with van der Waals surface area (Å²) in [7, 11) is 0. The second-order valence-electron chi connectivity index (χ2n) is 13.2. The van der Waals surface area contributed by atoms with Crippen molar-refractivity contribution in [2.75, 3.05) is 4.90 Å². The molecule has 0 N–H and O–H groups in total. The van der Waals surface area contributed by atoms with Crippen LogP contribution in [0.3, 0.4) is 0 Å². The summed E-state index contributed by atoms with van der Waals surface area (Å²) >= 11 is 0. The van der Waals surface area contributed by atoms with Crippen LogP contribution in [0.25, 0.3) is 11.1 Å². The maximum Gasteiger partial charge on any atom is 0.416 e. The molecule has 8 rings (SSSR count). The lowest BCUT2D eigenvalue weighted by atomic mass is 9.59. The number of halogens is 3. The topological polar surface area (TPSA) is 54.5 Å². The highest BCUT2D eigenvalue weighted by molar-refractivity contribution is 6.39. The zero-order valence-corrected chi connectivity index (χ0v) is 26.7. The molecule has 2 aliphatic carbocycles. The van der Waals surface area contributed by atoms with Crippen LogP contribution < -0.4 is 4.90 Å². The van der Waals surface area contributed by atoms with E-state index in [1.54, 1.807) is 24.3 Å². The molecule has 49 heavy (non-hydrogen) atoms. The first-order valence-electron chi connectivity index (χ1n) is 16.1. The van der Waals surface area contributed by atoms with Crippen molar-refractivity contribution in [1.82, 2.24) is 0 Å². The van der Waals surface area contributed by atoms with Crippen LogP contribution in [0.5, 0.6) is 0 Å². The molecular formula is C42H30F3NO3. The number of carbonyl (C=O) groups excluding carboxylic acids is 3. The standard InChI is InChI=1S/C42H30F3NO3/c1-25-16-20-27(21-17-25)33-34(28-22-18-26(2)19-23-28)41(30-12-7-4-8-13-30)36-35(40(33,39(41)49)29-10-5-3-6-11-29)37(47)46(38(36)48)32-15-9-14-31(24-32)42(43,44)45/h3-24,35-36H,1-2H3/t35-,36-,40-,41-/m1/s1. The van der Waals surface area contributed by atoms with Crippen molar-refractivity contribution in [3.63, 3.8) is 0 Å². The fraction of sp³-hybridized carbons (Fsp3) is 0.167. The zero-order chi connectivity index (χ0) is 34.3. The molecule has 3 aliphatic rings. The van der Waals surface area contributed by atoms with Crippen molar-refractivity contribution in [3.05, 3.63) is 172 Å². The van der Waals surface area contributed by atoms with Crippen LogP contribution in [0.4, 0.5) is 18.9 Å². The Balaban J connectivity index is 1.52. The molecule has 1 saturated carbocycles. The second kappa shape index (κ2) is 10.7. The van der Waals surface area contributed by atoms with E-state index in [1.807, 2.05) is 98.8 Å². The number of amides is 2. The number of fused-ring (bicyclic) bond motifs is 5. The molecule has 2 bridgehead atoms. The van der Waals surface area contributed by atoms with Crippen molar-refractivity contribution in [3.8, 4) is 0 Å². The maximum absolute atomic E-state index is 15.9. The number of rotatable bonds is 5. The third kappa shape index (κ3) is 4.08. The van der Waals surface area contributed by atoms with Crippen LogP contribution >= 0.6 is 0 Å². The number of benzene rings is 5. The summed E-state index contributed by atoms with van der Waals surface area (Å²) in [5.41, 5.74) is 1.40. The molecule has 0 aromatic heterocycles. The lowest BCUT2D eigenvalue weighted by molar-refractivity contribution is -0.137. The first kappa shape index (κ1) is 30.8. The van der Waals surface area contributed by atoms with Gasteiger partial charge in [-0.3, -0.25) is 14.4 Å². The van der Waals surface area contributed by atoms with Crippen molar-refractivity contribution in [2.45, 2.75) is 30.9 Å². The minimum absolute atomic E-state index is 0.175. The van der Waals surface area contributed by atoms with Gasteiger partial charge in [-0.1, -0.05) is 126 Å². The normalized spacial score (nSPS) is 24.6. The highest BCUT2D eigenvalue weighted by Crippen LogP contribution is 2.74. The zero-order valence-electron chi connectivity index (χ0n) is 26.7. The lowest BCUT2D eigenvalue weighted by Gasteiger charge is -2.39. The summed E-state index contributed by atoms with van der Waals surface area (Å²) in [6.07, 6.45) is -4.69. The van der Waals surface area contributed by atoms with Gasteiger partial charge in [0.25, 0.3) is 0 Å². The summed E-state index contributed by atoms with van der Waals surface area (Å²) in [5.74, 6) is -4.14. The number of imide groups is 1. The first-order chi connectivity index (χ1) is 23.5. The molecule has 0 spiro atoms. The molecule has 2 fully saturated rings. The fourth-order valence-corrected chi connectivity index (χ4v) is 8.64. The van der Waals surface area contributed by atoms with Crippen LogP contribution in [0.2, 0.25) is 0 Å². The first-order valence-corrected chi connectivity index (χ1v) is 16.1. The molecule has 5 aromatic carbocycles. The number of ketones is 1. The highest BCUT2D eigenvalue weighted by Gasteiger charge is 2.82. The van der Waals surface area contributed by atoms with Crippen LogP contribution in [0, 0.1) is 25.7 Å². The molecule has 5 aromatic rings. The van der Waals surface area contributed by atoms with Crippen LogP contribution in [0.1, 0.15) is 38.9 Å². The van der Waals surface area contributed by atoms with Gasteiger partial charge in [0.2, 0.25) is 11.8 Å². The van der Waals surface area contributed by atoms with Crippen molar-refractivity contribution in [2.24, 2.45) is 11.8 Å². The van der Waals surface area contributed by atoms with E-state index in [2.05, 4.69) is 0 Å². The summed E-state index contributed by atoms with van der Waals surface area (Å²) in [6.45, 7) is 3.93. The molecule has 1 saturated heterocycles. The molecule has 1 heterocycles. The van der Waals surface area contributed by atoms with Crippen molar-refractivity contribution >= 4 is 34.4 Å². The SMILES string of the molecule is Cc1ccc(C2=C(c3ccc(C)cc3)[C@@]3(c4ccccc4)C(=O)[C@@]2(c2ccccc2)[C@H]2C(=O)N(c4cccc(C(F)(F)F)c4)C(=O)[C@@H]23)cc1.